The van der Waals surface area contributed by atoms with Crippen LogP contribution in [0.1, 0.15) is 17.4 Å². The fraction of sp³-hybridized carbons (Fsp3) is 0.533. The van der Waals surface area contributed by atoms with Crippen molar-refractivity contribution in [3.05, 3.63) is 24.0 Å². The van der Waals surface area contributed by atoms with Crippen molar-refractivity contribution in [2.45, 2.75) is 13.0 Å². The second kappa shape index (κ2) is 6.55. The van der Waals surface area contributed by atoms with Crippen LogP contribution >= 0.6 is 0 Å². The van der Waals surface area contributed by atoms with Gasteiger partial charge in [0.15, 0.2) is 0 Å². The third-order valence-electron chi connectivity index (χ3n) is 3.78. The summed E-state index contributed by atoms with van der Waals surface area (Å²) in [4.78, 5) is 22.0. The molecule has 1 atom stereocenters. The minimum Gasteiger partial charge on any atom is -0.369 e. The van der Waals surface area contributed by atoms with Crippen molar-refractivity contribution in [1.82, 2.24) is 14.8 Å². The van der Waals surface area contributed by atoms with Crippen molar-refractivity contribution in [3.63, 3.8) is 0 Å². The fourth-order valence-electron chi connectivity index (χ4n) is 2.41. The number of aromatic nitrogens is 1. The second-order valence-corrected chi connectivity index (χ2v) is 5.43. The quantitative estimate of drug-likeness (QED) is 0.823. The summed E-state index contributed by atoms with van der Waals surface area (Å²) in [5.41, 5.74) is 1.48. The summed E-state index contributed by atoms with van der Waals surface area (Å²) in [5, 5.41) is 8.96. The van der Waals surface area contributed by atoms with Gasteiger partial charge >= 0.3 is 0 Å². The number of amides is 1. The molecule has 0 N–H and O–H groups in total. The molecule has 1 amide bonds. The number of piperazine rings is 1. The molecule has 0 aliphatic carbocycles. The van der Waals surface area contributed by atoms with Gasteiger partial charge in [0.05, 0.1) is 12.1 Å². The molecule has 0 aromatic carbocycles. The Morgan fingerprint density at radius 2 is 2.05 bits per heavy atom. The SMILES string of the molecule is CC(C#N)N1CCN(c2ccnc(C(=O)N(C)C)c2)CC1. The van der Waals surface area contributed by atoms with E-state index in [1.165, 1.54) is 4.90 Å². The Hall–Kier alpha value is -2.13. The maximum Gasteiger partial charge on any atom is 0.272 e. The minimum absolute atomic E-state index is 0.0459. The first-order chi connectivity index (χ1) is 10.0. The topological polar surface area (TPSA) is 63.5 Å². The molecule has 2 rings (SSSR count). The van der Waals surface area contributed by atoms with Gasteiger partial charge in [0.1, 0.15) is 5.69 Å². The third-order valence-corrected chi connectivity index (χ3v) is 3.78. The van der Waals surface area contributed by atoms with Crippen molar-refractivity contribution in [2.75, 3.05) is 45.2 Å². The molecule has 1 aliphatic rings. The molecule has 21 heavy (non-hydrogen) atoms. The normalized spacial score (nSPS) is 17.1. The van der Waals surface area contributed by atoms with Crippen molar-refractivity contribution in [3.8, 4) is 6.07 Å². The number of carbonyl (C=O) groups excluding carboxylic acids is 1. The van der Waals surface area contributed by atoms with E-state index in [-0.39, 0.29) is 11.9 Å². The highest BCUT2D eigenvalue weighted by atomic mass is 16.2. The van der Waals surface area contributed by atoms with Gasteiger partial charge < -0.3 is 9.80 Å². The van der Waals surface area contributed by atoms with E-state index in [2.05, 4.69) is 20.9 Å². The van der Waals surface area contributed by atoms with Crippen LogP contribution in [0.3, 0.4) is 0 Å². The first-order valence-corrected chi connectivity index (χ1v) is 7.09. The van der Waals surface area contributed by atoms with E-state index in [0.717, 1.165) is 31.9 Å². The van der Waals surface area contributed by atoms with Gasteiger partial charge in [-0.3, -0.25) is 14.7 Å². The van der Waals surface area contributed by atoms with Crippen molar-refractivity contribution in [1.29, 1.82) is 5.26 Å². The van der Waals surface area contributed by atoms with Gasteiger partial charge in [-0.1, -0.05) is 0 Å². The molecule has 6 heteroatoms. The molecule has 0 bridgehead atoms. The molecular weight excluding hydrogens is 266 g/mol. The third kappa shape index (κ3) is 3.50. The van der Waals surface area contributed by atoms with Gasteiger partial charge in [0, 0.05) is 52.2 Å². The lowest BCUT2D eigenvalue weighted by Crippen LogP contribution is -2.49. The number of hydrogen-bond acceptors (Lipinski definition) is 5. The molecule has 1 aliphatic heterocycles. The molecule has 112 valence electrons. The number of rotatable bonds is 3. The van der Waals surface area contributed by atoms with Crippen LogP contribution in [0.2, 0.25) is 0 Å². The lowest BCUT2D eigenvalue weighted by molar-refractivity contribution is 0.0822. The Morgan fingerprint density at radius 1 is 1.38 bits per heavy atom. The number of hydrogen-bond donors (Lipinski definition) is 0. The van der Waals surface area contributed by atoms with E-state index in [1.807, 2.05) is 19.1 Å². The Labute approximate surface area is 125 Å². The number of pyridine rings is 1. The molecule has 6 nitrogen and oxygen atoms in total. The Bertz CT molecular complexity index is 543. The smallest absolute Gasteiger partial charge is 0.272 e. The van der Waals surface area contributed by atoms with E-state index < -0.39 is 0 Å². The Morgan fingerprint density at radius 3 is 2.62 bits per heavy atom. The molecule has 1 fully saturated rings. The zero-order valence-electron chi connectivity index (χ0n) is 12.8. The Kier molecular flexibility index (Phi) is 4.76. The first kappa shape index (κ1) is 15.3. The molecule has 1 aromatic rings. The number of nitriles is 1. The first-order valence-electron chi connectivity index (χ1n) is 7.09. The van der Waals surface area contributed by atoms with Gasteiger partial charge in [-0.2, -0.15) is 5.26 Å². The highest BCUT2D eigenvalue weighted by molar-refractivity contribution is 5.92. The number of nitrogens with zero attached hydrogens (tertiary/aromatic N) is 5. The monoisotopic (exact) mass is 287 g/mol. The zero-order valence-corrected chi connectivity index (χ0v) is 12.8. The largest absolute Gasteiger partial charge is 0.369 e. The van der Waals surface area contributed by atoms with Gasteiger partial charge in [-0.25, -0.2) is 0 Å². The zero-order chi connectivity index (χ0) is 15.4. The highest BCUT2D eigenvalue weighted by Crippen LogP contribution is 2.18. The van der Waals surface area contributed by atoms with Crippen molar-refractivity contribution in [2.24, 2.45) is 0 Å². The van der Waals surface area contributed by atoms with E-state index in [4.69, 9.17) is 5.26 Å². The van der Waals surface area contributed by atoms with Gasteiger partial charge in [-0.05, 0) is 19.1 Å². The van der Waals surface area contributed by atoms with Crippen molar-refractivity contribution >= 4 is 11.6 Å². The number of carbonyl (C=O) groups is 1. The van der Waals surface area contributed by atoms with Crippen LogP contribution < -0.4 is 4.90 Å². The maximum absolute atomic E-state index is 12.0. The molecule has 0 spiro atoms. The molecule has 2 heterocycles. The van der Waals surface area contributed by atoms with E-state index in [9.17, 15) is 4.79 Å². The summed E-state index contributed by atoms with van der Waals surface area (Å²) < 4.78 is 0. The summed E-state index contributed by atoms with van der Waals surface area (Å²) in [6.07, 6.45) is 1.68. The lowest BCUT2D eigenvalue weighted by atomic mass is 10.2. The Balaban J connectivity index is 2.06. The van der Waals surface area contributed by atoms with E-state index in [1.54, 1.807) is 20.3 Å². The predicted molar refractivity (Wildman–Crippen MR) is 81.1 cm³/mol. The molecule has 1 aromatic heterocycles. The summed E-state index contributed by atoms with van der Waals surface area (Å²) >= 11 is 0. The average molecular weight is 287 g/mol. The summed E-state index contributed by atoms with van der Waals surface area (Å²) in [6, 6.07) is 5.99. The van der Waals surface area contributed by atoms with Crippen LogP contribution in [0.5, 0.6) is 0 Å². The average Bonchev–Trinajstić information content (AvgIpc) is 2.53. The van der Waals surface area contributed by atoms with E-state index >= 15 is 0 Å². The van der Waals surface area contributed by atoms with Crippen LogP contribution in [-0.2, 0) is 0 Å². The van der Waals surface area contributed by atoms with Gasteiger partial charge in [-0.15, -0.1) is 0 Å². The molecular formula is C15H21N5O. The van der Waals surface area contributed by atoms with Gasteiger partial charge in [0.2, 0.25) is 0 Å². The molecule has 0 radical (unpaired) electrons. The van der Waals surface area contributed by atoms with Crippen LogP contribution in [-0.4, -0.2) is 67.0 Å². The molecule has 0 saturated carbocycles. The van der Waals surface area contributed by atoms with Crippen LogP contribution in [0, 0.1) is 11.3 Å². The van der Waals surface area contributed by atoms with Crippen LogP contribution in [0.15, 0.2) is 18.3 Å². The number of anilines is 1. The molecule has 1 saturated heterocycles. The highest BCUT2D eigenvalue weighted by Gasteiger charge is 2.21. The minimum atomic E-state index is -0.0893. The van der Waals surface area contributed by atoms with E-state index in [0.29, 0.717) is 5.69 Å². The summed E-state index contributed by atoms with van der Waals surface area (Å²) in [5.74, 6) is -0.0893. The standard InChI is InChI=1S/C15H21N5O/c1-12(11-16)19-6-8-20(9-7-19)13-4-5-17-14(10-13)15(21)18(2)3/h4-5,10,12H,6-9H2,1-3H3. The second-order valence-electron chi connectivity index (χ2n) is 5.43. The van der Waals surface area contributed by atoms with Crippen LogP contribution in [0.4, 0.5) is 5.69 Å². The predicted octanol–water partition coefficient (Wildman–Crippen LogP) is 0.817. The lowest BCUT2D eigenvalue weighted by Gasteiger charge is -2.37. The van der Waals surface area contributed by atoms with Crippen molar-refractivity contribution < 1.29 is 4.79 Å². The fourth-order valence-corrected chi connectivity index (χ4v) is 2.41. The molecule has 1 unspecified atom stereocenters. The summed E-state index contributed by atoms with van der Waals surface area (Å²) in [7, 11) is 3.44. The maximum atomic E-state index is 12.0. The van der Waals surface area contributed by atoms with Gasteiger partial charge in [0.25, 0.3) is 5.91 Å². The van der Waals surface area contributed by atoms with Crippen LogP contribution in [0.25, 0.3) is 0 Å². The summed E-state index contributed by atoms with van der Waals surface area (Å²) in [6.45, 7) is 5.34.